The predicted molar refractivity (Wildman–Crippen MR) is 72.6 cm³/mol. The second-order valence-corrected chi connectivity index (χ2v) is 4.88. The maximum atomic E-state index is 9.21. The molecular formula is C15H20N2O. The number of benzene rings is 1. The third-order valence-corrected chi connectivity index (χ3v) is 3.57. The van der Waals surface area contributed by atoms with E-state index in [0.29, 0.717) is 12.1 Å². The van der Waals surface area contributed by atoms with Gasteiger partial charge in [-0.05, 0) is 37.8 Å². The number of nitrogens with zero attached hydrogens (tertiary/aromatic N) is 1. The fraction of sp³-hybridized carbons (Fsp3) is 0.533. The molecule has 0 spiro atoms. The molecule has 1 aromatic rings. The zero-order valence-corrected chi connectivity index (χ0v) is 11.1. The molecule has 1 aliphatic rings. The Bertz CT molecular complexity index is 450. The summed E-state index contributed by atoms with van der Waals surface area (Å²) in [6.07, 6.45) is 3.44. The normalized spacial score (nSPS) is 23.4. The molecule has 2 unspecified atom stereocenters. The van der Waals surface area contributed by atoms with Crippen LogP contribution in [0.2, 0.25) is 0 Å². The number of nitriles is 1. The zero-order chi connectivity index (χ0) is 13.0. The summed E-state index contributed by atoms with van der Waals surface area (Å²) >= 11 is 0. The lowest BCUT2D eigenvalue weighted by Crippen LogP contribution is -2.33. The minimum Gasteiger partial charge on any atom is -0.381 e. The molecule has 0 aliphatic carbocycles. The Morgan fingerprint density at radius 2 is 2.33 bits per heavy atom. The maximum absolute atomic E-state index is 9.21. The summed E-state index contributed by atoms with van der Waals surface area (Å²) < 4.78 is 5.67. The smallest absolute Gasteiger partial charge is 0.102 e. The second kappa shape index (κ2) is 5.88. The average Bonchev–Trinajstić information content (AvgIpc) is 2.39. The van der Waals surface area contributed by atoms with E-state index in [0.717, 1.165) is 42.7 Å². The van der Waals surface area contributed by atoms with E-state index in [1.54, 1.807) is 0 Å². The van der Waals surface area contributed by atoms with Crippen molar-refractivity contribution in [1.82, 2.24) is 0 Å². The monoisotopic (exact) mass is 244 g/mol. The van der Waals surface area contributed by atoms with E-state index in [1.807, 2.05) is 25.1 Å². The van der Waals surface area contributed by atoms with Crippen LogP contribution in [0.5, 0.6) is 0 Å². The van der Waals surface area contributed by atoms with Gasteiger partial charge in [-0.3, -0.25) is 0 Å². The summed E-state index contributed by atoms with van der Waals surface area (Å²) in [4.78, 5) is 0. The van der Waals surface area contributed by atoms with Crippen LogP contribution >= 0.6 is 0 Å². The second-order valence-electron chi connectivity index (χ2n) is 4.88. The van der Waals surface area contributed by atoms with Crippen LogP contribution in [0.15, 0.2) is 18.2 Å². The number of hydrogen-bond acceptors (Lipinski definition) is 3. The lowest BCUT2D eigenvalue weighted by atomic mass is 10.00. The molecule has 1 aliphatic heterocycles. The van der Waals surface area contributed by atoms with E-state index in [4.69, 9.17) is 4.74 Å². The van der Waals surface area contributed by atoms with Gasteiger partial charge >= 0.3 is 0 Å². The fourth-order valence-corrected chi connectivity index (χ4v) is 2.45. The molecule has 0 saturated carbocycles. The zero-order valence-electron chi connectivity index (χ0n) is 11.1. The van der Waals surface area contributed by atoms with Gasteiger partial charge in [-0.15, -0.1) is 0 Å². The van der Waals surface area contributed by atoms with Gasteiger partial charge in [0.15, 0.2) is 0 Å². The molecule has 1 aromatic carbocycles. The molecule has 18 heavy (non-hydrogen) atoms. The van der Waals surface area contributed by atoms with E-state index < -0.39 is 0 Å². The highest BCUT2D eigenvalue weighted by atomic mass is 16.5. The van der Waals surface area contributed by atoms with E-state index in [-0.39, 0.29) is 0 Å². The highest BCUT2D eigenvalue weighted by Gasteiger charge is 2.21. The summed E-state index contributed by atoms with van der Waals surface area (Å²) in [7, 11) is 0. The van der Waals surface area contributed by atoms with Crippen LogP contribution < -0.4 is 5.32 Å². The van der Waals surface area contributed by atoms with Crippen molar-refractivity contribution in [3.05, 3.63) is 29.3 Å². The van der Waals surface area contributed by atoms with Crippen LogP contribution in [-0.4, -0.2) is 18.8 Å². The molecule has 1 heterocycles. The van der Waals surface area contributed by atoms with Crippen LogP contribution in [-0.2, 0) is 4.74 Å². The van der Waals surface area contributed by atoms with Crippen molar-refractivity contribution >= 4 is 5.69 Å². The van der Waals surface area contributed by atoms with Crippen LogP contribution in [0.3, 0.4) is 0 Å². The summed E-state index contributed by atoms with van der Waals surface area (Å²) in [6, 6.07) is 8.66. The van der Waals surface area contributed by atoms with Crippen molar-refractivity contribution < 1.29 is 4.74 Å². The van der Waals surface area contributed by atoms with E-state index in [9.17, 15) is 5.26 Å². The average molecular weight is 244 g/mol. The van der Waals surface area contributed by atoms with Gasteiger partial charge < -0.3 is 10.1 Å². The van der Waals surface area contributed by atoms with Gasteiger partial charge in [0.05, 0.1) is 17.4 Å². The number of rotatable bonds is 3. The van der Waals surface area contributed by atoms with Crippen LogP contribution in [0.25, 0.3) is 0 Å². The number of ether oxygens (including phenoxy) is 1. The Balaban J connectivity index is 2.10. The minimum absolute atomic E-state index is 0.353. The van der Waals surface area contributed by atoms with Crippen molar-refractivity contribution in [2.45, 2.75) is 45.3 Å². The molecule has 3 nitrogen and oxygen atoms in total. The largest absolute Gasteiger partial charge is 0.381 e. The fourth-order valence-electron chi connectivity index (χ4n) is 2.45. The molecular weight excluding hydrogens is 224 g/mol. The highest BCUT2D eigenvalue weighted by molar-refractivity contribution is 5.61. The molecule has 0 aromatic heterocycles. The predicted octanol–water partition coefficient (Wildman–Crippen LogP) is 3.24. The summed E-state index contributed by atoms with van der Waals surface area (Å²) in [5.74, 6) is 0. The molecule has 96 valence electrons. The Morgan fingerprint density at radius 1 is 1.50 bits per heavy atom. The first-order chi connectivity index (χ1) is 8.74. The molecule has 1 N–H and O–H groups in total. The molecule has 2 atom stereocenters. The molecule has 0 amide bonds. The molecule has 1 saturated heterocycles. The number of nitrogens with one attached hydrogen (secondary N) is 1. The Hall–Kier alpha value is -1.53. The Kier molecular flexibility index (Phi) is 4.22. The van der Waals surface area contributed by atoms with Crippen molar-refractivity contribution in [3.63, 3.8) is 0 Å². The van der Waals surface area contributed by atoms with Crippen LogP contribution in [0, 0.1) is 18.3 Å². The van der Waals surface area contributed by atoms with E-state index >= 15 is 0 Å². The van der Waals surface area contributed by atoms with Crippen molar-refractivity contribution in [2.75, 3.05) is 11.9 Å². The first-order valence-electron chi connectivity index (χ1n) is 6.62. The first-order valence-corrected chi connectivity index (χ1v) is 6.62. The Morgan fingerprint density at radius 3 is 3.06 bits per heavy atom. The minimum atomic E-state index is 0.353. The third-order valence-electron chi connectivity index (χ3n) is 3.57. The van der Waals surface area contributed by atoms with Gasteiger partial charge in [-0.25, -0.2) is 0 Å². The highest BCUT2D eigenvalue weighted by Crippen LogP contribution is 2.24. The molecule has 2 rings (SSSR count). The summed E-state index contributed by atoms with van der Waals surface area (Å²) in [6.45, 7) is 4.94. The van der Waals surface area contributed by atoms with E-state index in [1.165, 1.54) is 0 Å². The molecule has 1 fully saturated rings. The van der Waals surface area contributed by atoms with E-state index in [2.05, 4.69) is 18.3 Å². The summed E-state index contributed by atoms with van der Waals surface area (Å²) in [5, 5.41) is 12.7. The molecule has 0 radical (unpaired) electrons. The van der Waals surface area contributed by atoms with Crippen molar-refractivity contribution in [2.24, 2.45) is 0 Å². The SMILES string of the molecule is CCC1CC(Nc2cccc(C)c2C#N)CCO1. The topological polar surface area (TPSA) is 45.0 Å². The maximum Gasteiger partial charge on any atom is 0.102 e. The van der Waals surface area contributed by atoms with Crippen molar-refractivity contribution in [1.29, 1.82) is 5.26 Å². The summed E-state index contributed by atoms with van der Waals surface area (Å²) in [5.41, 5.74) is 2.75. The Labute approximate surface area is 109 Å². The van der Waals surface area contributed by atoms with Gasteiger partial charge in [-0.2, -0.15) is 5.26 Å². The van der Waals surface area contributed by atoms with Gasteiger partial charge in [0.1, 0.15) is 6.07 Å². The van der Waals surface area contributed by atoms with Gasteiger partial charge in [0.2, 0.25) is 0 Å². The van der Waals surface area contributed by atoms with Crippen molar-refractivity contribution in [3.8, 4) is 6.07 Å². The number of anilines is 1. The van der Waals surface area contributed by atoms with Gasteiger partial charge in [-0.1, -0.05) is 19.1 Å². The standard InChI is InChI=1S/C15H20N2O/c1-3-13-9-12(7-8-18-13)17-15-6-4-5-11(2)14(15)10-16/h4-6,12-13,17H,3,7-9H2,1-2H3. The van der Waals surface area contributed by atoms with Gasteiger partial charge in [0.25, 0.3) is 0 Å². The quantitative estimate of drug-likeness (QED) is 0.887. The molecule has 3 heteroatoms. The lowest BCUT2D eigenvalue weighted by Gasteiger charge is -2.30. The number of aryl methyl sites for hydroxylation is 1. The van der Waals surface area contributed by atoms with Gasteiger partial charge in [0, 0.05) is 12.6 Å². The first kappa shape index (κ1) is 12.9. The lowest BCUT2D eigenvalue weighted by molar-refractivity contribution is 0.00925. The van der Waals surface area contributed by atoms with Crippen LogP contribution in [0.1, 0.15) is 37.3 Å². The third kappa shape index (κ3) is 2.83. The number of hydrogen-bond donors (Lipinski definition) is 1. The molecule has 0 bridgehead atoms. The van der Waals surface area contributed by atoms with Crippen LogP contribution in [0.4, 0.5) is 5.69 Å².